The zero-order valence-corrected chi connectivity index (χ0v) is 28.9. The van der Waals surface area contributed by atoms with E-state index in [9.17, 15) is 14.7 Å². The predicted octanol–water partition coefficient (Wildman–Crippen LogP) is 11.2. The van der Waals surface area contributed by atoms with Crippen LogP contribution in [0, 0.1) is 0 Å². The van der Waals surface area contributed by atoms with E-state index in [1.54, 1.807) is 13.8 Å². The van der Waals surface area contributed by atoms with E-state index in [0.717, 1.165) is 38.5 Å². The van der Waals surface area contributed by atoms with E-state index in [0.29, 0.717) is 12.8 Å². The van der Waals surface area contributed by atoms with E-state index in [2.05, 4.69) is 19.2 Å². The fraction of sp³-hybridized carbons (Fsp3) is 0.944. The Morgan fingerprint density at radius 3 is 0.951 bits per heavy atom. The van der Waals surface area contributed by atoms with Crippen LogP contribution in [0.1, 0.15) is 207 Å². The van der Waals surface area contributed by atoms with Gasteiger partial charge in [0.25, 0.3) is 0 Å². The summed E-state index contributed by atoms with van der Waals surface area (Å²) in [7, 11) is 0. The van der Waals surface area contributed by atoms with Crippen LogP contribution in [-0.4, -0.2) is 28.4 Å². The van der Waals surface area contributed by atoms with Crippen molar-refractivity contribution < 1.29 is 14.7 Å². The summed E-state index contributed by atoms with van der Waals surface area (Å²) in [6.45, 7) is 7.81. The summed E-state index contributed by atoms with van der Waals surface area (Å²) >= 11 is 0. The van der Waals surface area contributed by atoms with Gasteiger partial charge < -0.3 is 5.11 Å². The van der Waals surface area contributed by atoms with Crippen molar-refractivity contribution in [3.63, 3.8) is 0 Å². The average Bonchev–Trinajstić information content (AvgIpc) is 2.93. The van der Waals surface area contributed by atoms with E-state index < -0.39 is 11.8 Å². The van der Waals surface area contributed by atoms with Crippen LogP contribution in [0.25, 0.3) is 0 Å². The number of unbranched alkanes of at least 4 members (excludes halogenated alkanes) is 24. The maximum absolute atomic E-state index is 13.1. The van der Waals surface area contributed by atoms with Crippen LogP contribution in [-0.2, 0) is 9.59 Å². The number of aliphatic hydroxyl groups is 1. The molecule has 0 aliphatic heterocycles. The number of Topliss-reactive ketones (excluding diaryl/α,β-unsaturated/α-hetero) is 2. The highest BCUT2D eigenvalue weighted by Crippen LogP contribution is 2.20. The van der Waals surface area contributed by atoms with Gasteiger partial charge in [0.1, 0.15) is 11.8 Å². The predicted molar refractivity (Wildman–Crippen MR) is 181 cm³/mol. The summed E-state index contributed by atoms with van der Waals surface area (Å²) in [5.41, 5.74) is -1.26. The molecule has 0 aromatic heterocycles. The first-order chi connectivity index (χ1) is 19.4. The van der Waals surface area contributed by atoms with Gasteiger partial charge in [0, 0.05) is 12.8 Å². The highest BCUT2D eigenvalue weighted by atomic mass is 35.5. The maximum Gasteiger partial charge on any atom is 0.160 e. The third kappa shape index (κ3) is 25.7. The van der Waals surface area contributed by atoms with Gasteiger partial charge in [0.15, 0.2) is 11.6 Å². The molecular weight excluding hydrogens is 530 g/mol. The number of rotatable bonds is 32. The van der Waals surface area contributed by atoms with Crippen LogP contribution in [0.5, 0.6) is 0 Å². The smallest absolute Gasteiger partial charge is 0.160 e. The Morgan fingerprint density at radius 1 is 0.512 bits per heavy atom. The van der Waals surface area contributed by atoms with Crippen LogP contribution in [0.3, 0.4) is 0 Å². The Labute approximate surface area is 262 Å². The molecule has 1 unspecified atom stereocenters. The first-order valence-electron chi connectivity index (χ1n) is 17.9. The van der Waals surface area contributed by atoms with Crippen LogP contribution in [0.2, 0.25) is 0 Å². The monoisotopic (exact) mass is 602 g/mol. The van der Waals surface area contributed by atoms with Gasteiger partial charge in [-0.25, -0.2) is 0 Å². The Kier molecular flexibility index (Phi) is 32.3. The lowest BCUT2D eigenvalue weighted by Crippen LogP contribution is -2.58. The molecule has 0 aliphatic rings. The topological polar surface area (TPSA) is 66.4 Å². The Hall–Kier alpha value is -0.450. The first kappa shape index (κ1) is 42.7. The fourth-order valence-corrected chi connectivity index (χ4v) is 5.84. The highest BCUT2D eigenvalue weighted by molar-refractivity contribution is 6.11. The van der Waals surface area contributed by atoms with Gasteiger partial charge in [-0.05, 0) is 26.7 Å². The molecule has 0 rings (SSSR count). The van der Waals surface area contributed by atoms with Crippen molar-refractivity contribution in [3.8, 4) is 0 Å². The van der Waals surface area contributed by atoms with Gasteiger partial charge in [0.05, 0.1) is 0 Å². The summed E-state index contributed by atoms with van der Waals surface area (Å²) in [6, 6.07) is 0. The molecule has 4 nitrogen and oxygen atoms in total. The van der Waals surface area contributed by atoms with Crippen molar-refractivity contribution in [2.75, 3.05) is 0 Å². The second kappa shape index (κ2) is 31.0. The molecule has 5 heteroatoms. The minimum Gasteiger partial charge on any atom is -0.379 e. The van der Waals surface area contributed by atoms with E-state index in [4.69, 9.17) is 0 Å². The lowest BCUT2D eigenvalue weighted by Gasteiger charge is -2.30. The molecular formula is C36H72ClNO3. The van der Waals surface area contributed by atoms with Gasteiger partial charge in [-0.2, -0.15) is 0 Å². The van der Waals surface area contributed by atoms with E-state index >= 15 is 0 Å². The second-order valence-corrected chi connectivity index (χ2v) is 12.8. The van der Waals surface area contributed by atoms with Gasteiger partial charge in [0.2, 0.25) is 0 Å². The summed E-state index contributed by atoms with van der Waals surface area (Å²) in [5, 5.41) is 12.8. The van der Waals surface area contributed by atoms with Gasteiger partial charge in [-0.15, -0.1) is 12.4 Å². The van der Waals surface area contributed by atoms with Gasteiger partial charge in [-0.1, -0.05) is 168 Å². The number of carbonyl (C=O) groups is 2. The Morgan fingerprint density at radius 2 is 0.732 bits per heavy atom. The second-order valence-electron chi connectivity index (χ2n) is 12.8. The van der Waals surface area contributed by atoms with Crippen LogP contribution in [0.15, 0.2) is 0 Å². The number of hydrogen-bond donors (Lipinski definition) is 2. The van der Waals surface area contributed by atoms with E-state index in [1.807, 2.05) is 0 Å². The van der Waals surface area contributed by atoms with Crippen molar-refractivity contribution in [1.82, 2.24) is 5.32 Å². The molecule has 0 saturated carbocycles. The van der Waals surface area contributed by atoms with Crippen molar-refractivity contribution in [2.24, 2.45) is 0 Å². The molecule has 0 fully saturated rings. The molecule has 0 aromatic rings. The number of hydrogen-bond acceptors (Lipinski definition) is 4. The molecule has 0 radical (unpaired) electrons. The third-order valence-electron chi connectivity index (χ3n) is 8.63. The number of ketones is 2. The molecule has 0 spiro atoms. The SMILES string of the molecule is CCCCCCCCCCCCCCCC(=O)C(C)(NC(C)O)C(=O)CCCCCCCCCCCCCCC.Cl. The average molecular weight is 602 g/mol. The maximum atomic E-state index is 13.1. The van der Waals surface area contributed by atoms with Crippen molar-refractivity contribution in [2.45, 2.75) is 219 Å². The van der Waals surface area contributed by atoms with Crippen LogP contribution in [0.4, 0.5) is 0 Å². The molecule has 2 N–H and O–H groups in total. The molecule has 0 bridgehead atoms. The van der Waals surface area contributed by atoms with Crippen molar-refractivity contribution >= 4 is 24.0 Å². The van der Waals surface area contributed by atoms with E-state index in [1.165, 1.54) is 128 Å². The first-order valence-corrected chi connectivity index (χ1v) is 17.9. The third-order valence-corrected chi connectivity index (χ3v) is 8.63. The highest BCUT2D eigenvalue weighted by Gasteiger charge is 2.39. The summed E-state index contributed by atoms with van der Waals surface area (Å²) in [5.74, 6) is -0.118. The molecule has 0 amide bonds. The van der Waals surface area contributed by atoms with Crippen LogP contribution >= 0.6 is 12.4 Å². The van der Waals surface area contributed by atoms with Gasteiger partial charge >= 0.3 is 0 Å². The molecule has 246 valence electrons. The van der Waals surface area contributed by atoms with Crippen LogP contribution < -0.4 is 5.32 Å². The van der Waals surface area contributed by atoms with Crippen molar-refractivity contribution in [1.29, 1.82) is 0 Å². The number of halogens is 1. The molecule has 0 aliphatic carbocycles. The summed E-state index contributed by atoms with van der Waals surface area (Å²) in [4.78, 5) is 26.2. The standard InChI is InChI=1S/C36H71NO3.ClH/c1-5-7-9-11-13-15-17-19-21-23-25-27-29-31-34(39)36(4,37-33(3)38)35(40)32-30-28-26-24-22-20-18-16-14-12-10-8-6-2;/h33,37-38H,5-32H2,1-4H3;1H. The summed E-state index contributed by atoms with van der Waals surface area (Å²) in [6.07, 6.45) is 33.0. The number of carbonyl (C=O) groups excluding carboxylic acids is 2. The fourth-order valence-electron chi connectivity index (χ4n) is 5.84. The molecule has 41 heavy (non-hydrogen) atoms. The zero-order chi connectivity index (χ0) is 29.7. The largest absolute Gasteiger partial charge is 0.379 e. The quantitative estimate of drug-likeness (QED) is 0.0457. The molecule has 1 atom stereocenters. The van der Waals surface area contributed by atoms with Crippen molar-refractivity contribution in [3.05, 3.63) is 0 Å². The lowest BCUT2D eigenvalue weighted by molar-refractivity contribution is -0.137. The summed E-state index contributed by atoms with van der Waals surface area (Å²) < 4.78 is 0. The molecule has 0 heterocycles. The Bertz CT molecular complexity index is 539. The van der Waals surface area contributed by atoms with E-state index in [-0.39, 0.29) is 24.0 Å². The normalized spacial score (nSPS) is 12.3. The van der Waals surface area contributed by atoms with Gasteiger partial charge in [-0.3, -0.25) is 14.9 Å². The number of aliphatic hydroxyl groups excluding tert-OH is 1. The minimum absolute atomic E-state index is 0. The minimum atomic E-state index is -1.26. The molecule has 0 aromatic carbocycles. The zero-order valence-electron chi connectivity index (χ0n) is 28.0. The molecule has 0 saturated heterocycles. The number of nitrogens with one attached hydrogen (secondary N) is 1. The Balaban J connectivity index is 0. The lowest BCUT2D eigenvalue weighted by atomic mass is 9.85.